The second kappa shape index (κ2) is 6.27. The Labute approximate surface area is 127 Å². The third-order valence-electron chi connectivity index (χ3n) is 2.50. The van der Waals surface area contributed by atoms with Gasteiger partial charge in [0.1, 0.15) is 4.60 Å². The Kier molecular flexibility index (Phi) is 4.43. The van der Waals surface area contributed by atoms with Gasteiger partial charge in [0.15, 0.2) is 11.6 Å². The van der Waals surface area contributed by atoms with Crippen LogP contribution in [0.2, 0.25) is 0 Å². The molecule has 1 aromatic heterocycles. The fraction of sp³-hybridized carbons (Fsp3) is 0.0833. The molecule has 21 heavy (non-hydrogen) atoms. The molecule has 2 rings (SSSR count). The van der Waals surface area contributed by atoms with E-state index in [1.54, 1.807) is 0 Å². The molecule has 0 aliphatic carbocycles. The first-order chi connectivity index (χ1) is 10.0. The summed E-state index contributed by atoms with van der Waals surface area (Å²) >= 11 is 3.12. The second-order valence-electron chi connectivity index (χ2n) is 3.82. The van der Waals surface area contributed by atoms with Gasteiger partial charge < -0.3 is 10.1 Å². The molecule has 0 saturated carbocycles. The molecule has 108 valence electrons. The number of methoxy groups -OCH3 is 1. The summed E-state index contributed by atoms with van der Waals surface area (Å²) < 4.78 is 5.40. The summed E-state index contributed by atoms with van der Waals surface area (Å²) in [7, 11) is 1.32. The van der Waals surface area contributed by atoms with Gasteiger partial charge >= 0.3 is 5.69 Å². The maximum Gasteiger partial charge on any atom is 0.311 e. The van der Waals surface area contributed by atoms with Crippen molar-refractivity contribution in [3.8, 4) is 5.75 Å². The van der Waals surface area contributed by atoms with Crippen molar-refractivity contribution in [1.29, 1.82) is 0 Å². The topological polar surface area (TPSA) is 107 Å². The largest absolute Gasteiger partial charge is 0.490 e. The molecule has 1 N–H and O–H groups in total. The number of nitro benzene ring substituents is 1. The fourth-order valence-corrected chi connectivity index (χ4v) is 1.74. The van der Waals surface area contributed by atoms with E-state index in [1.165, 1.54) is 31.6 Å². The van der Waals surface area contributed by atoms with Crippen molar-refractivity contribution in [2.24, 2.45) is 0 Å². The smallest absolute Gasteiger partial charge is 0.311 e. The van der Waals surface area contributed by atoms with Crippen molar-refractivity contribution < 1.29 is 14.5 Å². The zero-order valence-electron chi connectivity index (χ0n) is 10.7. The number of nitro groups is 1. The number of aromatic nitrogens is 2. The van der Waals surface area contributed by atoms with E-state index in [-0.39, 0.29) is 22.8 Å². The highest BCUT2D eigenvalue weighted by Gasteiger charge is 2.18. The minimum atomic E-state index is -0.616. The SMILES string of the molecule is COc1ccc(C(=O)Nc2cnc(Br)cn2)cc1[N+](=O)[O-]. The molecule has 0 radical (unpaired) electrons. The van der Waals surface area contributed by atoms with Gasteiger partial charge in [0.25, 0.3) is 5.91 Å². The van der Waals surface area contributed by atoms with Crippen LogP contribution in [0.4, 0.5) is 11.5 Å². The van der Waals surface area contributed by atoms with Gasteiger partial charge in [-0.25, -0.2) is 9.97 Å². The number of benzene rings is 1. The van der Waals surface area contributed by atoms with Crippen LogP contribution in [0, 0.1) is 10.1 Å². The highest BCUT2D eigenvalue weighted by molar-refractivity contribution is 9.10. The predicted octanol–water partition coefficient (Wildman–Crippen LogP) is 2.41. The monoisotopic (exact) mass is 352 g/mol. The Bertz CT molecular complexity index is 690. The van der Waals surface area contributed by atoms with E-state index in [1.807, 2.05) is 0 Å². The average molecular weight is 353 g/mol. The quantitative estimate of drug-likeness (QED) is 0.668. The molecule has 8 nitrogen and oxygen atoms in total. The van der Waals surface area contributed by atoms with Crippen LogP contribution in [0.5, 0.6) is 5.75 Å². The number of hydrogen-bond acceptors (Lipinski definition) is 6. The average Bonchev–Trinajstić information content (AvgIpc) is 2.48. The lowest BCUT2D eigenvalue weighted by molar-refractivity contribution is -0.385. The first-order valence-electron chi connectivity index (χ1n) is 5.62. The van der Waals surface area contributed by atoms with E-state index >= 15 is 0 Å². The van der Waals surface area contributed by atoms with Crippen LogP contribution in [0.1, 0.15) is 10.4 Å². The van der Waals surface area contributed by atoms with Gasteiger partial charge in [0, 0.05) is 11.6 Å². The van der Waals surface area contributed by atoms with E-state index in [9.17, 15) is 14.9 Å². The van der Waals surface area contributed by atoms with Crippen molar-refractivity contribution in [2.75, 3.05) is 12.4 Å². The van der Waals surface area contributed by atoms with Crippen molar-refractivity contribution in [3.05, 3.63) is 50.9 Å². The van der Waals surface area contributed by atoms with E-state index in [4.69, 9.17) is 4.74 Å². The lowest BCUT2D eigenvalue weighted by Crippen LogP contribution is -2.13. The number of nitrogens with one attached hydrogen (secondary N) is 1. The van der Waals surface area contributed by atoms with Gasteiger partial charge in [-0.15, -0.1) is 0 Å². The standard InChI is InChI=1S/C12H9BrN4O4/c1-21-9-3-2-7(4-8(9)17(19)20)12(18)16-11-6-14-10(13)5-15-11/h2-6H,1H3,(H,15,16,18). The van der Waals surface area contributed by atoms with Gasteiger partial charge in [-0.05, 0) is 28.1 Å². The molecule has 1 amide bonds. The summed E-state index contributed by atoms with van der Waals surface area (Å²) in [5, 5.41) is 13.4. The molecule has 0 saturated heterocycles. The Hall–Kier alpha value is -2.55. The van der Waals surface area contributed by atoms with Crippen LogP contribution in [0.15, 0.2) is 35.2 Å². The molecule has 0 aliphatic rings. The van der Waals surface area contributed by atoms with Crippen LogP contribution < -0.4 is 10.1 Å². The lowest BCUT2D eigenvalue weighted by atomic mass is 10.1. The van der Waals surface area contributed by atoms with Crippen LogP contribution >= 0.6 is 15.9 Å². The predicted molar refractivity (Wildman–Crippen MR) is 77.3 cm³/mol. The van der Waals surface area contributed by atoms with Gasteiger partial charge in [0.2, 0.25) is 0 Å². The summed E-state index contributed by atoms with van der Waals surface area (Å²) in [6.45, 7) is 0. The second-order valence-corrected chi connectivity index (χ2v) is 4.63. The van der Waals surface area contributed by atoms with Crippen LogP contribution in [0.25, 0.3) is 0 Å². The van der Waals surface area contributed by atoms with Crippen LogP contribution in [0.3, 0.4) is 0 Å². The molecular formula is C12H9BrN4O4. The van der Waals surface area contributed by atoms with Crippen LogP contribution in [-0.2, 0) is 0 Å². The third-order valence-corrected chi connectivity index (χ3v) is 2.91. The number of rotatable bonds is 4. The Balaban J connectivity index is 2.25. The maximum atomic E-state index is 12.0. The van der Waals surface area contributed by atoms with Gasteiger partial charge in [-0.1, -0.05) is 0 Å². The van der Waals surface area contributed by atoms with E-state index in [2.05, 4.69) is 31.2 Å². The number of amides is 1. The summed E-state index contributed by atoms with van der Waals surface area (Å²) in [5.41, 5.74) is -0.167. The summed E-state index contributed by atoms with van der Waals surface area (Å²) in [5.74, 6) is -0.209. The molecule has 0 fully saturated rings. The number of halogens is 1. The van der Waals surface area contributed by atoms with Crippen LogP contribution in [-0.4, -0.2) is 27.9 Å². The normalized spacial score (nSPS) is 10.0. The van der Waals surface area contributed by atoms with E-state index in [0.29, 0.717) is 4.60 Å². The molecule has 1 heterocycles. The highest BCUT2D eigenvalue weighted by Crippen LogP contribution is 2.27. The molecule has 0 atom stereocenters. The number of carbonyl (C=O) groups is 1. The molecule has 0 spiro atoms. The Morgan fingerprint density at radius 1 is 1.38 bits per heavy atom. The zero-order valence-corrected chi connectivity index (χ0v) is 12.3. The number of carbonyl (C=O) groups excluding carboxylic acids is 1. The first-order valence-corrected chi connectivity index (χ1v) is 6.42. The number of nitrogens with zero attached hydrogens (tertiary/aromatic N) is 3. The third kappa shape index (κ3) is 3.51. The molecular weight excluding hydrogens is 344 g/mol. The van der Waals surface area contributed by atoms with E-state index in [0.717, 1.165) is 6.07 Å². The fourth-order valence-electron chi connectivity index (χ4n) is 1.54. The minimum absolute atomic E-state index is 0.0833. The van der Waals surface area contributed by atoms with Gasteiger partial charge in [-0.3, -0.25) is 14.9 Å². The molecule has 0 bridgehead atoms. The van der Waals surface area contributed by atoms with Crippen molar-refractivity contribution in [2.45, 2.75) is 0 Å². The molecule has 9 heteroatoms. The lowest BCUT2D eigenvalue weighted by Gasteiger charge is -2.06. The first kappa shape index (κ1) is 14.9. The van der Waals surface area contributed by atoms with Gasteiger partial charge in [-0.2, -0.15) is 0 Å². The number of ether oxygens (including phenoxy) is 1. The molecule has 0 unspecified atom stereocenters. The molecule has 1 aromatic carbocycles. The number of hydrogen-bond donors (Lipinski definition) is 1. The van der Waals surface area contributed by atoms with Crippen molar-refractivity contribution in [3.63, 3.8) is 0 Å². The van der Waals surface area contributed by atoms with Crippen molar-refractivity contribution in [1.82, 2.24) is 9.97 Å². The summed E-state index contributed by atoms with van der Waals surface area (Å²) in [4.78, 5) is 30.2. The zero-order chi connectivity index (χ0) is 15.4. The summed E-state index contributed by atoms with van der Waals surface area (Å²) in [6.07, 6.45) is 2.78. The van der Waals surface area contributed by atoms with E-state index < -0.39 is 10.8 Å². The Morgan fingerprint density at radius 2 is 2.14 bits per heavy atom. The molecule has 0 aliphatic heterocycles. The molecule has 2 aromatic rings. The van der Waals surface area contributed by atoms with Gasteiger partial charge in [0.05, 0.1) is 24.4 Å². The van der Waals surface area contributed by atoms with Crippen molar-refractivity contribution >= 4 is 33.3 Å². The minimum Gasteiger partial charge on any atom is -0.490 e. The maximum absolute atomic E-state index is 12.0. The summed E-state index contributed by atoms with van der Waals surface area (Å²) in [6, 6.07) is 3.92. The number of anilines is 1. The highest BCUT2D eigenvalue weighted by atomic mass is 79.9. The Morgan fingerprint density at radius 3 is 2.71 bits per heavy atom.